The van der Waals surface area contributed by atoms with Crippen LogP contribution in [0.3, 0.4) is 0 Å². The standard InChI is InChI=1S/C19H29N3O3/c1-14(2)21-18(24)22-10-6-9-19(3,13-22)17(23)20-12-15-7-5-8-16(11-15)25-4/h5,7-8,11,14H,6,9-10,12-13H2,1-4H3,(H,20,23)(H,21,24). The van der Waals surface area contributed by atoms with Crippen molar-refractivity contribution in [3.63, 3.8) is 0 Å². The fourth-order valence-electron chi connectivity index (χ4n) is 3.11. The molecule has 138 valence electrons. The Hall–Kier alpha value is -2.24. The molecule has 1 aromatic rings. The summed E-state index contributed by atoms with van der Waals surface area (Å²) in [6, 6.07) is 7.63. The van der Waals surface area contributed by atoms with Gasteiger partial charge in [-0.05, 0) is 51.3 Å². The third-order valence-corrected chi connectivity index (χ3v) is 4.53. The van der Waals surface area contributed by atoms with Gasteiger partial charge in [-0.2, -0.15) is 0 Å². The molecule has 1 unspecified atom stereocenters. The molecule has 6 heteroatoms. The van der Waals surface area contributed by atoms with Crippen LogP contribution in [-0.4, -0.2) is 43.1 Å². The van der Waals surface area contributed by atoms with Gasteiger partial charge in [-0.25, -0.2) is 4.79 Å². The van der Waals surface area contributed by atoms with Crippen LogP contribution in [0.2, 0.25) is 0 Å². The first-order valence-corrected chi connectivity index (χ1v) is 8.81. The van der Waals surface area contributed by atoms with Gasteiger partial charge < -0.3 is 20.3 Å². The molecule has 0 radical (unpaired) electrons. The largest absolute Gasteiger partial charge is 0.497 e. The smallest absolute Gasteiger partial charge is 0.317 e. The molecular formula is C19H29N3O3. The van der Waals surface area contributed by atoms with Crippen molar-refractivity contribution in [2.24, 2.45) is 5.41 Å². The van der Waals surface area contributed by atoms with Crippen LogP contribution in [-0.2, 0) is 11.3 Å². The number of methoxy groups -OCH3 is 1. The van der Waals surface area contributed by atoms with Gasteiger partial charge in [-0.3, -0.25) is 4.79 Å². The molecule has 1 atom stereocenters. The number of carbonyl (C=O) groups is 2. The lowest BCUT2D eigenvalue weighted by molar-refractivity contribution is -0.132. The van der Waals surface area contributed by atoms with E-state index in [0.29, 0.717) is 19.6 Å². The highest BCUT2D eigenvalue weighted by atomic mass is 16.5. The zero-order valence-electron chi connectivity index (χ0n) is 15.6. The number of carbonyl (C=O) groups excluding carboxylic acids is 2. The minimum Gasteiger partial charge on any atom is -0.497 e. The van der Waals surface area contributed by atoms with E-state index in [0.717, 1.165) is 24.2 Å². The minimum atomic E-state index is -0.564. The van der Waals surface area contributed by atoms with E-state index in [1.54, 1.807) is 12.0 Å². The van der Waals surface area contributed by atoms with E-state index in [1.165, 1.54) is 0 Å². The molecule has 25 heavy (non-hydrogen) atoms. The van der Waals surface area contributed by atoms with Crippen LogP contribution in [0.5, 0.6) is 5.75 Å². The average molecular weight is 347 g/mol. The third kappa shape index (κ3) is 5.11. The summed E-state index contributed by atoms with van der Waals surface area (Å²) in [7, 11) is 1.62. The summed E-state index contributed by atoms with van der Waals surface area (Å²) in [6.07, 6.45) is 1.61. The van der Waals surface area contributed by atoms with Crippen molar-refractivity contribution in [2.45, 2.75) is 46.2 Å². The summed E-state index contributed by atoms with van der Waals surface area (Å²) in [4.78, 5) is 26.7. The first-order valence-electron chi connectivity index (χ1n) is 8.81. The Morgan fingerprint density at radius 1 is 1.36 bits per heavy atom. The number of amides is 3. The molecule has 1 aliphatic rings. The molecule has 1 aliphatic heterocycles. The van der Waals surface area contributed by atoms with E-state index in [-0.39, 0.29) is 18.0 Å². The van der Waals surface area contributed by atoms with E-state index in [9.17, 15) is 9.59 Å². The summed E-state index contributed by atoms with van der Waals surface area (Å²) in [5, 5.41) is 5.91. The number of piperidine rings is 1. The molecule has 1 heterocycles. The van der Waals surface area contributed by atoms with Crippen LogP contribution in [0.4, 0.5) is 4.79 Å². The van der Waals surface area contributed by atoms with Gasteiger partial charge in [0.2, 0.25) is 5.91 Å². The molecule has 1 fully saturated rings. The maximum Gasteiger partial charge on any atom is 0.317 e. The highest BCUT2D eigenvalue weighted by Gasteiger charge is 2.39. The predicted molar refractivity (Wildman–Crippen MR) is 97.4 cm³/mol. The summed E-state index contributed by atoms with van der Waals surface area (Å²) < 4.78 is 5.21. The fraction of sp³-hybridized carbons (Fsp3) is 0.579. The van der Waals surface area contributed by atoms with E-state index in [2.05, 4.69) is 10.6 Å². The van der Waals surface area contributed by atoms with Crippen LogP contribution < -0.4 is 15.4 Å². The third-order valence-electron chi connectivity index (χ3n) is 4.53. The molecule has 0 aromatic heterocycles. The number of benzene rings is 1. The number of hydrogen-bond acceptors (Lipinski definition) is 3. The van der Waals surface area contributed by atoms with E-state index >= 15 is 0 Å². The van der Waals surface area contributed by atoms with Gasteiger partial charge in [0.15, 0.2) is 0 Å². The Kier molecular flexibility index (Phi) is 6.28. The van der Waals surface area contributed by atoms with Gasteiger partial charge in [0.1, 0.15) is 5.75 Å². The molecule has 0 aliphatic carbocycles. The Balaban J connectivity index is 1.95. The molecule has 3 amide bonds. The van der Waals surface area contributed by atoms with Crippen LogP contribution in [0.25, 0.3) is 0 Å². The van der Waals surface area contributed by atoms with E-state index in [4.69, 9.17) is 4.74 Å². The maximum atomic E-state index is 12.7. The van der Waals surface area contributed by atoms with Gasteiger partial charge in [0, 0.05) is 25.7 Å². The quantitative estimate of drug-likeness (QED) is 0.860. The van der Waals surface area contributed by atoms with Crippen molar-refractivity contribution in [3.8, 4) is 5.75 Å². The van der Waals surface area contributed by atoms with Gasteiger partial charge >= 0.3 is 6.03 Å². The first kappa shape index (κ1) is 19.1. The topological polar surface area (TPSA) is 70.7 Å². The lowest BCUT2D eigenvalue weighted by atomic mass is 9.81. The molecule has 0 spiro atoms. The zero-order chi connectivity index (χ0) is 18.4. The highest BCUT2D eigenvalue weighted by Crippen LogP contribution is 2.30. The Labute approximate surface area is 149 Å². The maximum absolute atomic E-state index is 12.7. The van der Waals surface area contributed by atoms with Crippen molar-refractivity contribution in [1.82, 2.24) is 15.5 Å². The number of ether oxygens (including phenoxy) is 1. The average Bonchev–Trinajstić information content (AvgIpc) is 2.59. The number of nitrogens with zero attached hydrogens (tertiary/aromatic N) is 1. The van der Waals surface area contributed by atoms with Crippen molar-refractivity contribution in [3.05, 3.63) is 29.8 Å². The highest BCUT2D eigenvalue weighted by molar-refractivity contribution is 5.84. The van der Waals surface area contributed by atoms with Crippen molar-refractivity contribution < 1.29 is 14.3 Å². The summed E-state index contributed by atoms with van der Waals surface area (Å²) >= 11 is 0. The van der Waals surface area contributed by atoms with E-state index in [1.807, 2.05) is 45.0 Å². The summed E-state index contributed by atoms with van der Waals surface area (Å²) in [5.74, 6) is 0.754. The molecule has 6 nitrogen and oxygen atoms in total. The fourth-order valence-corrected chi connectivity index (χ4v) is 3.11. The molecule has 2 rings (SSSR count). The molecule has 1 saturated heterocycles. The lowest BCUT2D eigenvalue weighted by Crippen LogP contribution is -2.54. The normalized spacial score (nSPS) is 20.3. The molecule has 1 aromatic carbocycles. The Morgan fingerprint density at radius 3 is 2.80 bits per heavy atom. The van der Waals surface area contributed by atoms with Crippen molar-refractivity contribution in [2.75, 3.05) is 20.2 Å². The van der Waals surface area contributed by atoms with Crippen LogP contribution in [0.1, 0.15) is 39.2 Å². The Morgan fingerprint density at radius 2 is 2.12 bits per heavy atom. The zero-order valence-corrected chi connectivity index (χ0v) is 15.6. The Bertz CT molecular complexity index is 618. The van der Waals surface area contributed by atoms with Gasteiger partial charge in [-0.1, -0.05) is 12.1 Å². The number of likely N-dealkylation sites (tertiary alicyclic amines) is 1. The second-order valence-electron chi connectivity index (χ2n) is 7.22. The monoisotopic (exact) mass is 347 g/mol. The SMILES string of the molecule is COc1cccc(CNC(=O)C2(C)CCCN(C(=O)NC(C)C)C2)c1. The first-order chi connectivity index (χ1) is 11.8. The summed E-state index contributed by atoms with van der Waals surface area (Å²) in [6.45, 7) is 7.38. The van der Waals surface area contributed by atoms with Gasteiger partial charge in [0.25, 0.3) is 0 Å². The van der Waals surface area contributed by atoms with Gasteiger partial charge in [0.05, 0.1) is 12.5 Å². The molecule has 0 bridgehead atoms. The number of rotatable bonds is 5. The minimum absolute atomic E-state index is 0.0163. The number of urea groups is 1. The predicted octanol–water partition coefficient (Wildman–Crippen LogP) is 2.53. The lowest BCUT2D eigenvalue weighted by Gasteiger charge is -2.39. The molecule has 2 N–H and O–H groups in total. The molecule has 0 saturated carbocycles. The van der Waals surface area contributed by atoms with Crippen molar-refractivity contribution in [1.29, 1.82) is 0 Å². The van der Waals surface area contributed by atoms with Gasteiger partial charge in [-0.15, -0.1) is 0 Å². The van der Waals surface area contributed by atoms with Crippen LogP contribution in [0, 0.1) is 5.41 Å². The molecular weight excluding hydrogens is 318 g/mol. The van der Waals surface area contributed by atoms with Crippen LogP contribution in [0.15, 0.2) is 24.3 Å². The second kappa shape index (κ2) is 8.23. The van der Waals surface area contributed by atoms with Crippen molar-refractivity contribution >= 4 is 11.9 Å². The number of hydrogen-bond donors (Lipinski definition) is 2. The van der Waals surface area contributed by atoms with Crippen LogP contribution >= 0.6 is 0 Å². The second-order valence-corrected chi connectivity index (χ2v) is 7.22. The number of nitrogens with one attached hydrogen (secondary N) is 2. The summed E-state index contributed by atoms with van der Waals surface area (Å²) in [5.41, 5.74) is 0.423. The van der Waals surface area contributed by atoms with E-state index < -0.39 is 5.41 Å².